The lowest BCUT2D eigenvalue weighted by Gasteiger charge is -2.29. The lowest BCUT2D eigenvalue weighted by molar-refractivity contribution is -0.146. The van der Waals surface area contributed by atoms with Crippen LogP contribution in [0, 0.1) is 0 Å². The van der Waals surface area contributed by atoms with E-state index in [1.54, 1.807) is 0 Å². The first-order chi connectivity index (χ1) is 13.4. The van der Waals surface area contributed by atoms with E-state index < -0.39 is 72.5 Å². The molecule has 0 unspecified atom stereocenters. The Labute approximate surface area is 166 Å². The van der Waals surface area contributed by atoms with Crippen molar-refractivity contribution in [3.8, 4) is 0 Å². The Morgan fingerprint density at radius 1 is 1.03 bits per heavy atom. The van der Waals surface area contributed by atoms with Crippen LogP contribution >= 0.6 is 0 Å². The van der Waals surface area contributed by atoms with Gasteiger partial charge in [0.15, 0.2) is 0 Å². The van der Waals surface area contributed by atoms with E-state index in [0.717, 1.165) is 4.90 Å². The molecule has 0 spiro atoms. The van der Waals surface area contributed by atoms with Gasteiger partial charge < -0.3 is 37.8 Å². The van der Waals surface area contributed by atoms with E-state index in [9.17, 15) is 28.8 Å². The molecule has 9 N–H and O–H groups in total. The van der Waals surface area contributed by atoms with E-state index in [4.69, 9.17) is 22.3 Å². The van der Waals surface area contributed by atoms with Gasteiger partial charge in [-0.2, -0.15) is 0 Å². The summed E-state index contributed by atoms with van der Waals surface area (Å²) in [6, 6.07) is -4.85. The number of amides is 5. The molecule has 1 rings (SSSR count). The molecule has 162 valence electrons. The van der Waals surface area contributed by atoms with Crippen molar-refractivity contribution in [1.29, 1.82) is 0 Å². The average Bonchev–Trinajstić information content (AvgIpc) is 3.08. The van der Waals surface area contributed by atoms with Crippen molar-refractivity contribution in [2.75, 3.05) is 6.54 Å². The molecule has 0 aliphatic carbocycles. The number of nitrogens with one attached hydrogen (secondary N) is 2. The van der Waals surface area contributed by atoms with Crippen LogP contribution in [-0.4, -0.2) is 76.2 Å². The topological polar surface area (TPSA) is 228 Å². The van der Waals surface area contributed by atoms with Crippen molar-refractivity contribution < 1.29 is 33.9 Å². The highest BCUT2D eigenvalue weighted by Crippen LogP contribution is 2.19. The molecular formula is C16H26N6O7. The van der Waals surface area contributed by atoms with Crippen LogP contribution in [0.4, 0.5) is 0 Å². The summed E-state index contributed by atoms with van der Waals surface area (Å²) in [4.78, 5) is 71.8. The summed E-state index contributed by atoms with van der Waals surface area (Å²) in [5, 5.41) is 13.6. The highest BCUT2D eigenvalue weighted by molar-refractivity contribution is 5.96. The second-order valence-electron chi connectivity index (χ2n) is 6.78. The van der Waals surface area contributed by atoms with E-state index in [2.05, 4.69) is 10.6 Å². The zero-order chi connectivity index (χ0) is 22.3. The van der Waals surface area contributed by atoms with Crippen LogP contribution in [0.15, 0.2) is 0 Å². The van der Waals surface area contributed by atoms with Crippen molar-refractivity contribution in [2.24, 2.45) is 17.2 Å². The number of nitrogens with zero attached hydrogens (tertiary/aromatic N) is 1. The molecular weight excluding hydrogens is 388 g/mol. The maximum absolute atomic E-state index is 12.8. The Hall–Kier alpha value is -3.22. The molecule has 1 fully saturated rings. The standard InChI is InChI=1S/C16H26N6O7/c1-7(17)13(25)20-8(5-11(18)23)15(27)22-4-2-3-10(22)14(26)21-9(16(28)29)6-12(19)24/h7-10H,2-6,17H2,1H3,(H2,18,23)(H2,19,24)(H,20,25)(H,21,26)(H,28,29)/t7-,8-,9-,10-/m0/s1. The average molecular weight is 414 g/mol. The van der Waals surface area contributed by atoms with Gasteiger partial charge in [-0.3, -0.25) is 24.0 Å². The third-order valence-electron chi connectivity index (χ3n) is 4.29. The van der Waals surface area contributed by atoms with Gasteiger partial charge in [-0.25, -0.2) is 4.79 Å². The molecule has 1 heterocycles. The molecule has 0 radical (unpaired) electrons. The number of aliphatic carboxylic acids is 1. The number of rotatable bonds is 10. The minimum Gasteiger partial charge on any atom is -0.480 e. The van der Waals surface area contributed by atoms with Crippen molar-refractivity contribution >= 4 is 35.5 Å². The van der Waals surface area contributed by atoms with Crippen LogP contribution in [0.2, 0.25) is 0 Å². The molecule has 4 atom stereocenters. The van der Waals surface area contributed by atoms with E-state index in [0.29, 0.717) is 6.42 Å². The molecule has 13 heteroatoms. The second-order valence-corrected chi connectivity index (χ2v) is 6.78. The summed E-state index contributed by atoms with van der Waals surface area (Å²) in [5.74, 6) is -5.42. The molecule has 1 aliphatic heterocycles. The Morgan fingerprint density at radius 3 is 2.07 bits per heavy atom. The molecule has 0 aromatic rings. The van der Waals surface area contributed by atoms with E-state index in [1.165, 1.54) is 6.92 Å². The van der Waals surface area contributed by atoms with Crippen molar-refractivity contribution in [3.63, 3.8) is 0 Å². The maximum atomic E-state index is 12.8. The fourth-order valence-corrected chi connectivity index (χ4v) is 2.88. The highest BCUT2D eigenvalue weighted by atomic mass is 16.4. The number of carbonyl (C=O) groups is 6. The highest BCUT2D eigenvalue weighted by Gasteiger charge is 2.39. The molecule has 13 nitrogen and oxygen atoms in total. The minimum absolute atomic E-state index is 0.147. The first-order valence-corrected chi connectivity index (χ1v) is 8.90. The van der Waals surface area contributed by atoms with Crippen LogP contribution in [0.25, 0.3) is 0 Å². The Bertz CT molecular complexity index is 695. The minimum atomic E-state index is -1.54. The Kier molecular flexibility index (Phi) is 8.51. The number of hydrogen-bond acceptors (Lipinski definition) is 7. The number of primary amides is 2. The largest absolute Gasteiger partial charge is 0.480 e. The van der Waals surface area contributed by atoms with Gasteiger partial charge >= 0.3 is 5.97 Å². The summed E-state index contributed by atoms with van der Waals surface area (Å²) < 4.78 is 0. The molecule has 0 aromatic heterocycles. The van der Waals surface area contributed by atoms with Gasteiger partial charge in [0.1, 0.15) is 18.1 Å². The van der Waals surface area contributed by atoms with Gasteiger partial charge in [-0.15, -0.1) is 0 Å². The SMILES string of the molecule is C[C@H](N)C(=O)N[C@@H](CC(N)=O)C(=O)N1CCC[C@H]1C(=O)N[C@@H](CC(N)=O)C(=O)O. The fraction of sp³-hybridized carbons (Fsp3) is 0.625. The third kappa shape index (κ3) is 7.03. The second kappa shape index (κ2) is 10.4. The zero-order valence-corrected chi connectivity index (χ0v) is 15.9. The van der Waals surface area contributed by atoms with Crippen molar-refractivity contribution in [2.45, 2.75) is 56.8 Å². The lowest BCUT2D eigenvalue weighted by Crippen LogP contribution is -2.57. The summed E-state index contributed by atoms with van der Waals surface area (Å²) >= 11 is 0. The molecule has 29 heavy (non-hydrogen) atoms. The number of nitrogens with two attached hydrogens (primary N) is 3. The lowest BCUT2D eigenvalue weighted by atomic mass is 10.1. The van der Waals surface area contributed by atoms with Gasteiger partial charge in [0.2, 0.25) is 29.5 Å². The fourth-order valence-electron chi connectivity index (χ4n) is 2.88. The van der Waals surface area contributed by atoms with Crippen LogP contribution in [0.3, 0.4) is 0 Å². The van der Waals surface area contributed by atoms with Crippen LogP contribution in [0.1, 0.15) is 32.6 Å². The van der Waals surface area contributed by atoms with Gasteiger partial charge in [-0.1, -0.05) is 0 Å². The summed E-state index contributed by atoms with van der Waals surface area (Å²) in [6.45, 7) is 1.53. The summed E-state index contributed by atoms with van der Waals surface area (Å²) in [5.41, 5.74) is 15.6. The van der Waals surface area contributed by atoms with E-state index in [-0.39, 0.29) is 13.0 Å². The number of carboxylic acids is 1. The molecule has 1 aliphatic rings. The summed E-state index contributed by atoms with van der Waals surface area (Å²) in [6.07, 6.45) is -0.453. The predicted octanol–water partition coefficient (Wildman–Crippen LogP) is -3.87. The van der Waals surface area contributed by atoms with E-state index >= 15 is 0 Å². The van der Waals surface area contributed by atoms with Crippen LogP contribution in [0.5, 0.6) is 0 Å². The van der Waals surface area contributed by atoms with Gasteiger partial charge in [0.05, 0.1) is 18.9 Å². The number of likely N-dealkylation sites (tertiary alicyclic amines) is 1. The number of carboxylic acid groups (broad SMARTS) is 1. The first-order valence-electron chi connectivity index (χ1n) is 8.90. The van der Waals surface area contributed by atoms with Crippen molar-refractivity contribution in [1.82, 2.24) is 15.5 Å². The molecule has 0 aromatic carbocycles. The number of hydrogen-bond donors (Lipinski definition) is 6. The molecule has 5 amide bonds. The third-order valence-corrected chi connectivity index (χ3v) is 4.29. The van der Waals surface area contributed by atoms with Crippen molar-refractivity contribution in [3.05, 3.63) is 0 Å². The van der Waals surface area contributed by atoms with Crippen LogP contribution in [-0.2, 0) is 28.8 Å². The Balaban J connectivity index is 2.95. The normalized spacial score (nSPS) is 19.0. The molecule has 0 bridgehead atoms. The molecule has 0 saturated carbocycles. The van der Waals surface area contributed by atoms with Gasteiger partial charge in [-0.05, 0) is 19.8 Å². The summed E-state index contributed by atoms with van der Waals surface area (Å²) in [7, 11) is 0. The van der Waals surface area contributed by atoms with Crippen LogP contribution < -0.4 is 27.8 Å². The zero-order valence-electron chi connectivity index (χ0n) is 15.9. The first kappa shape index (κ1) is 23.8. The monoisotopic (exact) mass is 414 g/mol. The van der Waals surface area contributed by atoms with Gasteiger partial charge in [0.25, 0.3) is 0 Å². The Morgan fingerprint density at radius 2 is 1.59 bits per heavy atom. The van der Waals surface area contributed by atoms with Gasteiger partial charge in [0, 0.05) is 6.54 Å². The maximum Gasteiger partial charge on any atom is 0.326 e. The molecule has 1 saturated heterocycles. The van der Waals surface area contributed by atoms with E-state index in [1.807, 2.05) is 0 Å². The smallest absolute Gasteiger partial charge is 0.326 e. The number of carbonyl (C=O) groups excluding carboxylic acids is 5. The quantitative estimate of drug-likeness (QED) is 0.207. The predicted molar refractivity (Wildman–Crippen MR) is 97.5 cm³/mol.